The van der Waals surface area contributed by atoms with E-state index in [1.54, 1.807) is 6.92 Å². The minimum Gasteiger partial charge on any atom is -0.460 e. The molecule has 1 rings (SSSR count). The first-order chi connectivity index (χ1) is 7.37. The molecule has 0 bridgehead atoms. The summed E-state index contributed by atoms with van der Waals surface area (Å²) in [6.07, 6.45) is 0.638. The molecule has 16 heavy (non-hydrogen) atoms. The van der Waals surface area contributed by atoms with Crippen LogP contribution in [0.25, 0.3) is 0 Å². The first-order valence-corrected chi connectivity index (χ1v) is 5.11. The summed E-state index contributed by atoms with van der Waals surface area (Å²) < 4.78 is 5.15. The lowest BCUT2D eigenvalue weighted by molar-refractivity contribution is -0.154. The van der Waals surface area contributed by atoms with Gasteiger partial charge in [0.1, 0.15) is 5.60 Å². The molecule has 0 saturated heterocycles. The minimum atomic E-state index is -0.457. The highest BCUT2D eigenvalue weighted by atomic mass is 16.6. The summed E-state index contributed by atoms with van der Waals surface area (Å²) in [4.78, 5) is 11.4. The van der Waals surface area contributed by atoms with Crippen molar-refractivity contribution in [2.45, 2.75) is 46.1 Å². The van der Waals surface area contributed by atoms with E-state index in [4.69, 9.17) is 4.74 Å². The molecule has 0 aliphatic rings. The Bertz CT molecular complexity index is 356. The van der Waals surface area contributed by atoms with Crippen molar-refractivity contribution in [2.75, 3.05) is 0 Å². The number of rotatable bonds is 3. The SMILES string of the molecule is Cc1nnc(CCC(=O)OC(C)(C)C)nn1. The Hall–Kier alpha value is -1.59. The summed E-state index contributed by atoms with van der Waals surface area (Å²) in [6, 6.07) is 0. The molecule has 0 atom stereocenters. The number of hydrogen-bond acceptors (Lipinski definition) is 6. The predicted molar refractivity (Wildman–Crippen MR) is 56.5 cm³/mol. The zero-order valence-corrected chi connectivity index (χ0v) is 10.0. The van der Waals surface area contributed by atoms with Crippen molar-refractivity contribution in [2.24, 2.45) is 0 Å². The maximum atomic E-state index is 11.4. The second kappa shape index (κ2) is 4.96. The maximum absolute atomic E-state index is 11.4. The predicted octanol–water partition coefficient (Wildman–Crippen LogP) is 0.849. The molecular formula is C10H16N4O2. The van der Waals surface area contributed by atoms with Crippen LogP contribution in [0.5, 0.6) is 0 Å². The molecule has 1 heterocycles. The van der Waals surface area contributed by atoms with Crippen LogP contribution >= 0.6 is 0 Å². The second-order valence-corrected chi connectivity index (χ2v) is 4.45. The van der Waals surface area contributed by atoms with E-state index in [-0.39, 0.29) is 12.4 Å². The Labute approximate surface area is 94.4 Å². The van der Waals surface area contributed by atoms with Crippen LogP contribution in [0.15, 0.2) is 0 Å². The van der Waals surface area contributed by atoms with E-state index in [1.165, 1.54) is 0 Å². The third-order valence-corrected chi connectivity index (χ3v) is 1.59. The molecule has 1 aromatic heterocycles. The summed E-state index contributed by atoms with van der Waals surface area (Å²) >= 11 is 0. The van der Waals surface area contributed by atoms with Gasteiger partial charge in [-0.15, -0.1) is 20.4 Å². The molecule has 0 amide bonds. The zero-order chi connectivity index (χ0) is 12.2. The number of hydrogen-bond donors (Lipinski definition) is 0. The number of aryl methyl sites for hydroxylation is 2. The number of carbonyl (C=O) groups is 1. The number of ether oxygens (including phenoxy) is 1. The quantitative estimate of drug-likeness (QED) is 0.708. The van der Waals surface area contributed by atoms with E-state index < -0.39 is 5.60 Å². The van der Waals surface area contributed by atoms with Gasteiger partial charge in [0.15, 0.2) is 11.6 Å². The molecule has 0 fully saturated rings. The highest BCUT2D eigenvalue weighted by Crippen LogP contribution is 2.08. The van der Waals surface area contributed by atoms with E-state index in [0.29, 0.717) is 18.1 Å². The van der Waals surface area contributed by atoms with Gasteiger partial charge in [-0.2, -0.15) is 0 Å². The van der Waals surface area contributed by atoms with Crippen LogP contribution in [0.2, 0.25) is 0 Å². The standard InChI is InChI=1S/C10H16N4O2/c1-7-11-13-8(14-12-7)5-6-9(15)16-10(2,3)4/h5-6H2,1-4H3. The molecule has 0 aromatic carbocycles. The Morgan fingerprint density at radius 3 is 2.25 bits per heavy atom. The largest absolute Gasteiger partial charge is 0.460 e. The smallest absolute Gasteiger partial charge is 0.306 e. The van der Waals surface area contributed by atoms with Gasteiger partial charge >= 0.3 is 5.97 Å². The van der Waals surface area contributed by atoms with E-state index in [1.807, 2.05) is 20.8 Å². The Balaban J connectivity index is 2.40. The maximum Gasteiger partial charge on any atom is 0.306 e. The summed E-state index contributed by atoms with van der Waals surface area (Å²) in [7, 11) is 0. The lowest BCUT2D eigenvalue weighted by Crippen LogP contribution is -2.24. The van der Waals surface area contributed by atoms with Gasteiger partial charge in [-0.25, -0.2) is 0 Å². The number of nitrogens with zero attached hydrogens (tertiary/aromatic N) is 4. The van der Waals surface area contributed by atoms with Gasteiger partial charge in [0, 0.05) is 6.42 Å². The van der Waals surface area contributed by atoms with Crippen molar-refractivity contribution in [1.82, 2.24) is 20.4 Å². The minimum absolute atomic E-state index is 0.240. The summed E-state index contributed by atoms with van der Waals surface area (Å²) in [6.45, 7) is 7.20. The molecule has 0 radical (unpaired) electrons. The zero-order valence-electron chi connectivity index (χ0n) is 10.0. The topological polar surface area (TPSA) is 77.9 Å². The fraction of sp³-hybridized carbons (Fsp3) is 0.700. The van der Waals surface area contributed by atoms with Gasteiger partial charge in [-0.3, -0.25) is 4.79 Å². The van der Waals surface area contributed by atoms with Crippen molar-refractivity contribution in [3.05, 3.63) is 11.6 Å². The lowest BCUT2D eigenvalue weighted by atomic mass is 10.2. The van der Waals surface area contributed by atoms with Crippen LogP contribution < -0.4 is 0 Å². The fourth-order valence-electron chi connectivity index (χ4n) is 1.01. The van der Waals surface area contributed by atoms with Crippen LogP contribution in [0.1, 0.15) is 38.8 Å². The fourth-order valence-corrected chi connectivity index (χ4v) is 1.01. The number of esters is 1. The summed E-state index contributed by atoms with van der Waals surface area (Å²) in [5.74, 6) is 0.703. The first kappa shape index (κ1) is 12.5. The highest BCUT2D eigenvalue weighted by molar-refractivity contribution is 5.70. The Morgan fingerprint density at radius 2 is 1.75 bits per heavy atom. The first-order valence-electron chi connectivity index (χ1n) is 5.11. The van der Waals surface area contributed by atoms with Gasteiger partial charge in [-0.1, -0.05) is 0 Å². The molecule has 0 saturated carbocycles. The van der Waals surface area contributed by atoms with Gasteiger partial charge in [-0.05, 0) is 27.7 Å². The van der Waals surface area contributed by atoms with Gasteiger partial charge in [0.05, 0.1) is 6.42 Å². The normalized spacial score (nSPS) is 11.2. The van der Waals surface area contributed by atoms with Crippen LogP contribution in [0.4, 0.5) is 0 Å². The Morgan fingerprint density at radius 1 is 1.19 bits per heavy atom. The number of aromatic nitrogens is 4. The average Bonchev–Trinajstić information content (AvgIpc) is 2.14. The van der Waals surface area contributed by atoms with E-state index in [2.05, 4.69) is 20.4 Å². The molecule has 1 aromatic rings. The molecule has 0 N–H and O–H groups in total. The van der Waals surface area contributed by atoms with Gasteiger partial charge in [0.25, 0.3) is 0 Å². The molecule has 6 nitrogen and oxygen atoms in total. The van der Waals surface area contributed by atoms with Crippen LogP contribution in [0, 0.1) is 6.92 Å². The summed E-state index contributed by atoms with van der Waals surface area (Å²) in [5, 5.41) is 15.1. The van der Waals surface area contributed by atoms with E-state index >= 15 is 0 Å². The molecular weight excluding hydrogens is 208 g/mol. The van der Waals surface area contributed by atoms with Crippen molar-refractivity contribution in [3.8, 4) is 0 Å². The van der Waals surface area contributed by atoms with Gasteiger partial charge in [0.2, 0.25) is 0 Å². The Kier molecular flexibility index (Phi) is 3.87. The molecule has 0 aliphatic carbocycles. The molecule has 0 spiro atoms. The molecule has 0 aliphatic heterocycles. The van der Waals surface area contributed by atoms with Gasteiger partial charge < -0.3 is 4.74 Å². The van der Waals surface area contributed by atoms with Crippen molar-refractivity contribution < 1.29 is 9.53 Å². The average molecular weight is 224 g/mol. The van der Waals surface area contributed by atoms with Crippen LogP contribution in [-0.2, 0) is 16.0 Å². The number of carbonyl (C=O) groups excluding carboxylic acids is 1. The van der Waals surface area contributed by atoms with Crippen molar-refractivity contribution in [1.29, 1.82) is 0 Å². The van der Waals surface area contributed by atoms with Crippen LogP contribution in [-0.4, -0.2) is 32.0 Å². The highest BCUT2D eigenvalue weighted by Gasteiger charge is 2.16. The van der Waals surface area contributed by atoms with E-state index in [9.17, 15) is 4.79 Å². The van der Waals surface area contributed by atoms with E-state index in [0.717, 1.165) is 0 Å². The third kappa shape index (κ3) is 4.77. The molecule has 0 unspecified atom stereocenters. The van der Waals surface area contributed by atoms with Crippen LogP contribution in [0.3, 0.4) is 0 Å². The monoisotopic (exact) mass is 224 g/mol. The molecule has 88 valence electrons. The van der Waals surface area contributed by atoms with Crippen molar-refractivity contribution in [3.63, 3.8) is 0 Å². The summed E-state index contributed by atoms with van der Waals surface area (Å²) in [5.41, 5.74) is -0.457. The molecule has 6 heteroatoms. The van der Waals surface area contributed by atoms with Crippen molar-refractivity contribution >= 4 is 5.97 Å². The third-order valence-electron chi connectivity index (χ3n) is 1.59. The second-order valence-electron chi connectivity index (χ2n) is 4.45. The lowest BCUT2D eigenvalue weighted by Gasteiger charge is -2.19.